The van der Waals surface area contributed by atoms with Crippen LogP contribution in [0.5, 0.6) is 5.75 Å². The number of phenols is 1. The average Bonchev–Trinajstić information content (AvgIpc) is 3.14. The first kappa shape index (κ1) is 18.6. The predicted molar refractivity (Wildman–Crippen MR) is 113 cm³/mol. The van der Waals surface area contributed by atoms with Crippen LogP contribution in [0, 0.1) is 11.3 Å². The zero-order valence-electron chi connectivity index (χ0n) is 14.8. The number of thiophene rings is 1. The van der Waals surface area contributed by atoms with E-state index in [-0.39, 0.29) is 11.3 Å². The van der Waals surface area contributed by atoms with E-state index in [0.29, 0.717) is 37.6 Å². The highest BCUT2D eigenvalue weighted by Gasteiger charge is 2.24. The van der Waals surface area contributed by atoms with E-state index in [1.165, 1.54) is 11.3 Å². The fraction of sp³-hybridized carbons (Fsp3) is 0.200. The Hall–Kier alpha value is -2.76. The number of aromatic hydroxyl groups is 1. The number of rotatable bonds is 3. The lowest BCUT2D eigenvalue weighted by molar-refractivity contribution is 0.472. The number of benzene rings is 1. The minimum absolute atomic E-state index is 0.0235. The van der Waals surface area contributed by atoms with Crippen LogP contribution >= 0.6 is 27.3 Å². The van der Waals surface area contributed by atoms with Crippen LogP contribution in [-0.4, -0.2) is 31.3 Å². The van der Waals surface area contributed by atoms with Gasteiger partial charge in [-0.1, -0.05) is 12.1 Å². The van der Waals surface area contributed by atoms with Crippen molar-refractivity contribution in [2.75, 3.05) is 36.0 Å². The van der Waals surface area contributed by atoms with E-state index in [2.05, 4.69) is 20.8 Å². The molecule has 1 saturated heterocycles. The van der Waals surface area contributed by atoms with E-state index in [0.717, 1.165) is 14.4 Å². The summed E-state index contributed by atoms with van der Waals surface area (Å²) in [6.07, 6.45) is 0. The molecule has 0 spiro atoms. The van der Waals surface area contributed by atoms with Crippen molar-refractivity contribution in [3.63, 3.8) is 0 Å². The normalized spacial score (nSPS) is 14.1. The van der Waals surface area contributed by atoms with Gasteiger partial charge in [0, 0.05) is 32.2 Å². The molecule has 0 amide bonds. The standard InChI is InChI=1S/C20H16BrN3O3S/c21-19-6-5-18(28-19)17-11-15(13(12-22)20(26)27-17)24-9-7-23(8-10-24)14-3-1-2-4-16(14)25/h1-6,11,25H,7-10H2. The average molecular weight is 458 g/mol. The number of halogens is 1. The Morgan fingerprint density at radius 3 is 2.36 bits per heavy atom. The third-order valence-corrected chi connectivity index (χ3v) is 6.34. The van der Waals surface area contributed by atoms with Gasteiger partial charge in [-0.2, -0.15) is 5.26 Å². The van der Waals surface area contributed by atoms with E-state index in [9.17, 15) is 15.2 Å². The molecule has 0 saturated carbocycles. The Morgan fingerprint density at radius 1 is 1.07 bits per heavy atom. The molecule has 1 fully saturated rings. The van der Waals surface area contributed by atoms with Gasteiger partial charge in [-0.3, -0.25) is 0 Å². The zero-order valence-corrected chi connectivity index (χ0v) is 17.2. The number of hydrogen-bond acceptors (Lipinski definition) is 7. The number of nitrogens with zero attached hydrogens (tertiary/aromatic N) is 3. The maximum atomic E-state index is 12.4. The Balaban J connectivity index is 1.63. The third kappa shape index (κ3) is 3.51. The van der Waals surface area contributed by atoms with Crippen LogP contribution in [0.15, 0.2) is 55.5 Å². The fourth-order valence-electron chi connectivity index (χ4n) is 3.32. The van der Waals surface area contributed by atoms with Crippen molar-refractivity contribution in [1.82, 2.24) is 0 Å². The topological polar surface area (TPSA) is 80.7 Å². The molecular formula is C20H16BrN3O3S. The van der Waals surface area contributed by atoms with Crippen molar-refractivity contribution in [3.05, 3.63) is 62.2 Å². The summed E-state index contributed by atoms with van der Waals surface area (Å²) in [5.41, 5.74) is 0.785. The van der Waals surface area contributed by atoms with Gasteiger partial charge in [0.05, 0.1) is 20.0 Å². The molecule has 2 aromatic heterocycles. The van der Waals surface area contributed by atoms with Gasteiger partial charge in [0.1, 0.15) is 11.8 Å². The summed E-state index contributed by atoms with van der Waals surface area (Å²) >= 11 is 4.88. The highest BCUT2D eigenvalue weighted by molar-refractivity contribution is 9.11. The van der Waals surface area contributed by atoms with Crippen LogP contribution in [-0.2, 0) is 0 Å². The molecular weight excluding hydrogens is 442 g/mol. The number of nitriles is 1. The summed E-state index contributed by atoms with van der Waals surface area (Å²) in [5, 5.41) is 19.6. The molecule has 1 aromatic carbocycles. The van der Waals surface area contributed by atoms with E-state index in [1.54, 1.807) is 18.2 Å². The van der Waals surface area contributed by atoms with Gasteiger partial charge in [-0.15, -0.1) is 11.3 Å². The number of piperazine rings is 1. The molecule has 1 aliphatic rings. The Morgan fingerprint density at radius 2 is 1.75 bits per heavy atom. The van der Waals surface area contributed by atoms with Gasteiger partial charge in [-0.05, 0) is 40.2 Å². The van der Waals surface area contributed by atoms with Crippen LogP contribution in [0.2, 0.25) is 0 Å². The molecule has 0 unspecified atom stereocenters. The molecule has 0 bridgehead atoms. The molecule has 142 valence electrons. The summed E-state index contributed by atoms with van der Waals surface area (Å²) in [6, 6.07) is 14.8. The Bertz CT molecular complexity index is 1110. The molecule has 0 radical (unpaired) electrons. The van der Waals surface area contributed by atoms with Crippen molar-refractivity contribution in [1.29, 1.82) is 5.26 Å². The monoisotopic (exact) mass is 457 g/mol. The lowest BCUT2D eigenvalue weighted by atomic mass is 10.1. The molecule has 28 heavy (non-hydrogen) atoms. The molecule has 0 atom stereocenters. The molecule has 0 aliphatic carbocycles. The highest BCUT2D eigenvalue weighted by Crippen LogP contribution is 2.34. The van der Waals surface area contributed by atoms with Gasteiger partial charge in [0.2, 0.25) is 0 Å². The molecule has 8 heteroatoms. The first-order valence-corrected chi connectivity index (χ1v) is 10.3. The van der Waals surface area contributed by atoms with Crippen LogP contribution < -0.4 is 15.4 Å². The summed E-state index contributed by atoms with van der Waals surface area (Å²) in [5.74, 6) is 0.706. The predicted octanol–water partition coefficient (Wildman–Crippen LogP) is 4.03. The lowest BCUT2D eigenvalue weighted by Gasteiger charge is -2.37. The summed E-state index contributed by atoms with van der Waals surface area (Å²) < 4.78 is 6.32. The smallest absolute Gasteiger partial charge is 0.356 e. The Kier molecular flexibility index (Phi) is 5.11. The maximum absolute atomic E-state index is 12.4. The van der Waals surface area contributed by atoms with Crippen LogP contribution in [0.3, 0.4) is 0 Å². The molecule has 1 aliphatic heterocycles. The number of phenolic OH excluding ortho intramolecular Hbond substituents is 1. The van der Waals surface area contributed by atoms with E-state index < -0.39 is 5.63 Å². The van der Waals surface area contributed by atoms with Gasteiger partial charge >= 0.3 is 5.63 Å². The largest absolute Gasteiger partial charge is 0.506 e. The number of para-hydroxylation sites is 2. The van der Waals surface area contributed by atoms with Gasteiger partial charge < -0.3 is 19.3 Å². The van der Waals surface area contributed by atoms with Gasteiger partial charge in [-0.25, -0.2) is 4.79 Å². The van der Waals surface area contributed by atoms with E-state index >= 15 is 0 Å². The van der Waals surface area contributed by atoms with Crippen molar-refractivity contribution in [2.45, 2.75) is 0 Å². The van der Waals surface area contributed by atoms with Crippen molar-refractivity contribution in [2.24, 2.45) is 0 Å². The molecule has 6 nitrogen and oxygen atoms in total. The minimum atomic E-state index is -0.623. The Labute approximate surface area is 174 Å². The summed E-state index contributed by atoms with van der Waals surface area (Å²) in [4.78, 5) is 17.3. The van der Waals surface area contributed by atoms with Crippen LogP contribution in [0.4, 0.5) is 11.4 Å². The number of hydrogen-bond donors (Lipinski definition) is 1. The maximum Gasteiger partial charge on any atom is 0.356 e. The van der Waals surface area contributed by atoms with Crippen molar-refractivity contribution >= 4 is 38.6 Å². The molecule has 3 aromatic rings. The quantitative estimate of drug-likeness (QED) is 0.639. The van der Waals surface area contributed by atoms with Gasteiger partial charge in [0.25, 0.3) is 0 Å². The first-order chi connectivity index (χ1) is 13.6. The van der Waals surface area contributed by atoms with Crippen molar-refractivity contribution in [3.8, 4) is 22.5 Å². The second kappa shape index (κ2) is 7.70. The van der Waals surface area contributed by atoms with Gasteiger partial charge in [0.15, 0.2) is 11.3 Å². The fourth-order valence-corrected chi connectivity index (χ4v) is 4.66. The number of anilines is 2. The lowest BCUT2D eigenvalue weighted by Crippen LogP contribution is -2.47. The molecule has 3 heterocycles. The summed E-state index contributed by atoms with van der Waals surface area (Å²) in [7, 11) is 0. The van der Waals surface area contributed by atoms with E-state index in [1.807, 2.05) is 35.2 Å². The SMILES string of the molecule is N#Cc1c(N2CCN(c3ccccc3O)CC2)cc(-c2ccc(Br)s2)oc1=O. The third-order valence-electron chi connectivity index (χ3n) is 4.70. The second-order valence-electron chi connectivity index (χ2n) is 6.34. The van der Waals surface area contributed by atoms with Crippen molar-refractivity contribution < 1.29 is 9.52 Å². The zero-order chi connectivity index (χ0) is 19.7. The summed E-state index contributed by atoms with van der Waals surface area (Å²) in [6.45, 7) is 2.59. The second-order valence-corrected chi connectivity index (χ2v) is 8.80. The highest BCUT2D eigenvalue weighted by atomic mass is 79.9. The van der Waals surface area contributed by atoms with Crippen LogP contribution in [0.1, 0.15) is 5.56 Å². The molecule has 4 rings (SSSR count). The van der Waals surface area contributed by atoms with E-state index in [4.69, 9.17) is 4.42 Å². The molecule has 1 N–H and O–H groups in total. The first-order valence-electron chi connectivity index (χ1n) is 8.68. The van der Waals surface area contributed by atoms with Crippen LogP contribution in [0.25, 0.3) is 10.6 Å². The minimum Gasteiger partial charge on any atom is -0.506 e.